The number of halogens is 1. The summed E-state index contributed by atoms with van der Waals surface area (Å²) < 4.78 is 11.4. The van der Waals surface area contributed by atoms with E-state index in [1.165, 1.54) is 5.56 Å². The van der Waals surface area contributed by atoms with Gasteiger partial charge in [0.25, 0.3) is 0 Å². The van der Waals surface area contributed by atoms with Crippen LogP contribution in [0.3, 0.4) is 0 Å². The predicted molar refractivity (Wildman–Crippen MR) is 63.1 cm³/mol. The molecule has 0 saturated heterocycles. The molecule has 0 aromatic heterocycles. The Bertz CT molecular complexity index is 305. The molecule has 0 radical (unpaired) electrons. The normalized spacial score (nSPS) is 10.3. The highest BCUT2D eigenvalue weighted by Gasteiger charge is 2.04. The van der Waals surface area contributed by atoms with Crippen LogP contribution < -0.4 is 10.1 Å². The molecule has 3 nitrogen and oxygen atoms in total. The minimum Gasteiger partial charge on any atom is -0.496 e. The largest absolute Gasteiger partial charge is 0.496 e. The lowest BCUT2D eigenvalue weighted by molar-refractivity contribution is -0.671. The van der Waals surface area contributed by atoms with Gasteiger partial charge < -0.3 is 14.8 Å². The van der Waals surface area contributed by atoms with Gasteiger partial charge in [0.05, 0.1) is 20.3 Å². The highest BCUT2D eigenvalue weighted by atomic mass is 79.9. The molecular weight excluding hydrogens is 258 g/mol. The molecule has 0 aliphatic rings. The van der Waals surface area contributed by atoms with Crippen molar-refractivity contribution in [2.24, 2.45) is 0 Å². The monoisotopic (exact) mass is 274 g/mol. The lowest BCUT2D eigenvalue weighted by atomic mass is 10.2. The SMILES string of the molecule is COCC[NH2+]Cc1cc(Br)ccc1OC. The number of methoxy groups -OCH3 is 2. The van der Waals surface area contributed by atoms with Crippen molar-refractivity contribution in [3.8, 4) is 5.75 Å². The molecule has 1 aromatic carbocycles. The summed E-state index contributed by atoms with van der Waals surface area (Å²) >= 11 is 3.45. The van der Waals surface area contributed by atoms with Gasteiger partial charge in [0.1, 0.15) is 12.3 Å². The average molecular weight is 275 g/mol. The van der Waals surface area contributed by atoms with Gasteiger partial charge in [-0.05, 0) is 18.2 Å². The number of nitrogens with two attached hydrogens (primary N) is 1. The summed E-state index contributed by atoms with van der Waals surface area (Å²) in [4.78, 5) is 0. The number of hydrogen-bond donors (Lipinski definition) is 1. The molecule has 0 unspecified atom stereocenters. The number of rotatable bonds is 6. The fourth-order valence-corrected chi connectivity index (χ4v) is 1.77. The lowest BCUT2D eigenvalue weighted by Gasteiger charge is -2.07. The molecule has 0 aliphatic heterocycles. The molecule has 0 spiro atoms. The van der Waals surface area contributed by atoms with Gasteiger partial charge in [0, 0.05) is 17.1 Å². The second-order valence-electron chi connectivity index (χ2n) is 3.23. The third-order valence-corrected chi connectivity index (χ3v) is 2.63. The molecule has 0 aliphatic carbocycles. The van der Waals surface area contributed by atoms with Crippen LogP contribution in [-0.4, -0.2) is 27.4 Å². The standard InChI is InChI=1S/C11H16BrNO2/c1-14-6-5-13-8-9-7-10(12)3-4-11(9)15-2/h3-4,7,13H,5-6,8H2,1-2H3/p+1. The third kappa shape index (κ3) is 4.20. The van der Waals surface area contributed by atoms with Gasteiger partial charge in [-0.15, -0.1) is 0 Å². The minimum absolute atomic E-state index is 0.774. The summed E-state index contributed by atoms with van der Waals surface area (Å²) in [5, 5.41) is 2.20. The molecule has 0 atom stereocenters. The number of quaternary nitrogens is 1. The van der Waals surface area contributed by atoms with Crippen LogP contribution >= 0.6 is 15.9 Å². The van der Waals surface area contributed by atoms with E-state index in [1.54, 1.807) is 14.2 Å². The first-order chi connectivity index (χ1) is 7.27. The predicted octanol–water partition coefficient (Wildman–Crippen LogP) is 1.17. The van der Waals surface area contributed by atoms with Crippen LogP contribution in [0.1, 0.15) is 5.56 Å². The van der Waals surface area contributed by atoms with Gasteiger partial charge in [0.15, 0.2) is 0 Å². The molecule has 0 saturated carbocycles. The van der Waals surface area contributed by atoms with Crippen LogP contribution in [0, 0.1) is 0 Å². The number of hydrogen-bond acceptors (Lipinski definition) is 2. The molecule has 84 valence electrons. The summed E-state index contributed by atoms with van der Waals surface area (Å²) in [6, 6.07) is 6.04. The van der Waals surface area contributed by atoms with Crippen LogP contribution in [-0.2, 0) is 11.3 Å². The fourth-order valence-electron chi connectivity index (χ4n) is 1.37. The van der Waals surface area contributed by atoms with Gasteiger partial charge in [-0.2, -0.15) is 0 Å². The molecule has 1 aromatic rings. The molecule has 0 fully saturated rings. The van der Waals surface area contributed by atoms with Crippen molar-refractivity contribution in [3.05, 3.63) is 28.2 Å². The van der Waals surface area contributed by atoms with Gasteiger partial charge in [-0.25, -0.2) is 0 Å². The van der Waals surface area contributed by atoms with Gasteiger partial charge in [-0.3, -0.25) is 0 Å². The maximum Gasteiger partial charge on any atom is 0.127 e. The smallest absolute Gasteiger partial charge is 0.127 e. The van der Waals surface area contributed by atoms with E-state index in [0.29, 0.717) is 0 Å². The average Bonchev–Trinajstić information content (AvgIpc) is 2.25. The first-order valence-electron chi connectivity index (χ1n) is 4.91. The number of ether oxygens (including phenoxy) is 2. The van der Waals surface area contributed by atoms with E-state index in [2.05, 4.69) is 27.3 Å². The molecule has 1 rings (SSSR count). The Balaban J connectivity index is 2.54. The lowest BCUT2D eigenvalue weighted by Crippen LogP contribution is -2.83. The molecule has 0 amide bonds. The Morgan fingerprint density at radius 3 is 2.80 bits per heavy atom. The highest BCUT2D eigenvalue weighted by molar-refractivity contribution is 9.10. The van der Waals surface area contributed by atoms with Crippen LogP contribution in [0.2, 0.25) is 0 Å². The first-order valence-corrected chi connectivity index (χ1v) is 5.70. The molecule has 0 heterocycles. The highest BCUT2D eigenvalue weighted by Crippen LogP contribution is 2.21. The second kappa shape index (κ2) is 6.82. The van der Waals surface area contributed by atoms with E-state index in [-0.39, 0.29) is 0 Å². The van der Waals surface area contributed by atoms with Crippen molar-refractivity contribution in [1.29, 1.82) is 0 Å². The summed E-state index contributed by atoms with van der Waals surface area (Å²) in [7, 11) is 3.41. The molecule has 4 heteroatoms. The van der Waals surface area contributed by atoms with Crippen LogP contribution in [0.25, 0.3) is 0 Å². The Kier molecular flexibility index (Phi) is 5.68. The van der Waals surface area contributed by atoms with Crippen molar-refractivity contribution in [2.45, 2.75) is 6.54 Å². The van der Waals surface area contributed by atoms with Crippen LogP contribution in [0.4, 0.5) is 0 Å². The fraction of sp³-hybridized carbons (Fsp3) is 0.455. The van der Waals surface area contributed by atoms with Crippen LogP contribution in [0.5, 0.6) is 5.75 Å². The zero-order valence-corrected chi connectivity index (χ0v) is 10.7. The molecular formula is C11H17BrNO2+. The van der Waals surface area contributed by atoms with Crippen molar-refractivity contribution in [1.82, 2.24) is 0 Å². The van der Waals surface area contributed by atoms with E-state index in [4.69, 9.17) is 9.47 Å². The Morgan fingerprint density at radius 1 is 1.33 bits per heavy atom. The quantitative estimate of drug-likeness (QED) is 0.791. The molecule has 2 N–H and O–H groups in total. The zero-order valence-electron chi connectivity index (χ0n) is 9.13. The number of benzene rings is 1. The maximum atomic E-state index is 5.29. The van der Waals surface area contributed by atoms with Gasteiger partial charge in [-0.1, -0.05) is 15.9 Å². The van der Waals surface area contributed by atoms with E-state index >= 15 is 0 Å². The van der Waals surface area contributed by atoms with Crippen LogP contribution in [0.15, 0.2) is 22.7 Å². The Hall–Kier alpha value is -0.580. The van der Waals surface area contributed by atoms with Crippen molar-refractivity contribution in [3.63, 3.8) is 0 Å². The van der Waals surface area contributed by atoms with E-state index < -0.39 is 0 Å². The van der Waals surface area contributed by atoms with Gasteiger partial charge >= 0.3 is 0 Å². The molecule has 0 bridgehead atoms. The molecule has 15 heavy (non-hydrogen) atoms. The van der Waals surface area contributed by atoms with Crippen molar-refractivity contribution in [2.75, 3.05) is 27.4 Å². The second-order valence-corrected chi connectivity index (χ2v) is 4.15. The maximum absolute atomic E-state index is 5.29. The Labute approximate surface area is 98.9 Å². The topological polar surface area (TPSA) is 35.1 Å². The first kappa shape index (κ1) is 12.5. The van der Waals surface area contributed by atoms with E-state index in [1.807, 2.05) is 12.1 Å². The minimum atomic E-state index is 0.774. The summed E-state index contributed by atoms with van der Waals surface area (Å²) in [5.74, 6) is 0.937. The summed E-state index contributed by atoms with van der Waals surface area (Å²) in [5.41, 5.74) is 1.20. The zero-order chi connectivity index (χ0) is 11.1. The Morgan fingerprint density at radius 2 is 2.13 bits per heavy atom. The summed E-state index contributed by atoms with van der Waals surface area (Å²) in [6.45, 7) is 2.65. The third-order valence-electron chi connectivity index (χ3n) is 2.13. The summed E-state index contributed by atoms with van der Waals surface area (Å²) in [6.07, 6.45) is 0. The van der Waals surface area contributed by atoms with E-state index in [0.717, 1.165) is 29.9 Å². The van der Waals surface area contributed by atoms with Gasteiger partial charge in [0.2, 0.25) is 0 Å². The van der Waals surface area contributed by atoms with Crippen molar-refractivity contribution < 1.29 is 14.8 Å². The van der Waals surface area contributed by atoms with E-state index in [9.17, 15) is 0 Å². The van der Waals surface area contributed by atoms with Crippen molar-refractivity contribution >= 4 is 15.9 Å².